The van der Waals surface area contributed by atoms with Gasteiger partial charge in [0.25, 0.3) is 0 Å². The number of carbonyl (C=O) groups is 1. The summed E-state index contributed by atoms with van der Waals surface area (Å²) in [5.74, 6) is -0.0480. The molecule has 27 heavy (non-hydrogen) atoms. The Hall–Kier alpha value is -2.37. The molecule has 136 valence electrons. The van der Waals surface area contributed by atoms with Crippen LogP contribution in [-0.2, 0) is 18.4 Å². The van der Waals surface area contributed by atoms with E-state index in [9.17, 15) is 4.79 Å². The molecule has 1 aromatic carbocycles. The molecule has 1 amide bonds. The van der Waals surface area contributed by atoms with Crippen molar-refractivity contribution in [2.45, 2.75) is 25.4 Å². The normalized spacial score (nSPS) is 19.7. The molecule has 0 fully saturated rings. The van der Waals surface area contributed by atoms with Gasteiger partial charge < -0.3 is 4.90 Å². The van der Waals surface area contributed by atoms with Gasteiger partial charge in [-0.1, -0.05) is 42.4 Å². The second kappa shape index (κ2) is 5.81. The molecule has 0 N–H and O–H groups in total. The van der Waals surface area contributed by atoms with Gasteiger partial charge in [-0.25, -0.2) is 0 Å². The third-order valence-corrected chi connectivity index (χ3v) is 7.04. The highest BCUT2D eigenvalue weighted by Crippen LogP contribution is 2.56. The van der Waals surface area contributed by atoms with Crippen molar-refractivity contribution in [1.29, 1.82) is 0 Å². The lowest BCUT2D eigenvalue weighted by molar-refractivity contribution is -0.130. The van der Waals surface area contributed by atoms with Crippen LogP contribution in [0.3, 0.4) is 0 Å². The van der Waals surface area contributed by atoms with Gasteiger partial charge in [-0.2, -0.15) is 5.10 Å². The average Bonchev–Trinajstić information content (AvgIpc) is 3.19. The highest BCUT2D eigenvalue weighted by atomic mass is 35.5. The molecular weight excluding hydrogens is 378 g/mol. The fourth-order valence-electron chi connectivity index (χ4n) is 4.54. The zero-order chi connectivity index (χ0) is 18.9. The van der Waals surface area contributed by atoms with Crippen molar-refractivity contribution in [3.63, 3.8) is 0 Å². The number of carbonyl (C=O) groups excluding carboxylic acids is 1. The van der Waals surface area contributed by atoms with E-state index in [0.717, 1.165) is 26.2 Å². The van der Waals surface area contributed by atoms with Crippen LogP contribution in [0.2, 0.25) is 4.34 Å². The van der Waals surface area contributed by atoms with Gasteiger partial charge >= 0.3 is 0 Å². The SMILES string of the molecule is C=CC(=O)N1Cc2sc(Cl)cc2[C@@H]2c3ccccc3-c3c(nn(C)c3C)C21. The molecule has 0 spiro atoms. The number of nitrogens with zero attached hydrogens (tertiary/aromatic N) is 3. The summed E-state index contributed by atoms with van der Waals surface area (Å²) in [6.45, 7) is 6.34. The number of hydrogen-bond donors (Lipinski definition) is 0. The molecule has 4 nitrogen and oxygen atoms in total. The Kier molecular flexibility index (Phi) is 3.61. The van der Waals surface area contributed by atoms with Gasteiger partial charge in [0.2, 0.25) is 5.91 Å². The summed E-state index contributed by atoms with van der Waals surface area (Å²) in [5.41, 5.74) is 6.84. The van der Waals surface area contributed by atoms with E-state index in [1.165, 1.54) is 22.8 Å². The summed E-state index contributed by atoms with van der Waals surface area (Å²) in [6, 6.07) is 10.4. The Labute approximate surface area is 166 Å². The first-order valence-corrected chi connectivity index (χ1v) is 10.0. The minimum atomic E-state index is -0.154. The van der Waals surface area contributed by atoms with Gasteiger partial charge in [-0.15, -0.1) is 11.3 Å². The molecule has 0 bridgehead atoms. The zero-order valence-electron chi connectivity index (χ0n) is 15.1. The van der Waals surface area contributed by atoms with Crippen LogP contribution in [0.15, 0.2) is 43.0 Å². The standard InChI is InChI=1S/C21H18ClN3OS/c1-4-17(26)25-10-15-14(9-16(22)27-15)19-13-8-6-5-7-12(13)18-11(2)24(3)23-20(18)21(19)25/h4-9,19,21H,1,10H2,2-3H3/t19-,21?/m0/s1. The molecule has 6 heteroatoms. The van der Waals surface area contributed by atoms with Gasteiger partial charge in [-0.3, -0.25) is 9.48 Å². The molecule has 0 radical (unpaired) electrons. The summed E-state index contributed by atoms with van der Waals surface area (Å²) < 4.78 is 2.67. The van der Waals surface area contributed by atoms with Crippen molar-refractivity contribution in [2.24, 2.45) is 7.05 Å². The van der Waals surface area contributed by atoms with Crippen LogP contribution in [-0.4, -0.2) is 20.6 Å². The van der Waals surface area contributed by atoms with Gasteiger partial charge in [-0.05, 0) is 35.8 Å². The van der Waals surface area contributed by atoms with E-state index in [1.54, 1.807) is 11.3 Å². The van der Waals surface area contributed by atoms with E-state index >= 15 is 0 Å². The largest absolute Gasteiger partial charge is 0.324 e. The van der Waals surface area contributed by atoms with Crippen molar-refractivity contribution in [1.82, 2.24) is 14.7 Å². The predicted octanol–water partition coefficient (Wildman–Crippen LogP) is 4.83. The maximum atomic E-state index is 12.8. The van der Waals surface area contributed by atoms with E-state index in [-0.39, 0.29) is 17.9 Å². The summed E-state index contributed by atoms with van der Waals surface area (Å²) in [7, 11) is 1.96. The highest BCUT2D eigenvalue weighted by Gasteiger charge is 2.46. The van der Waals surface area contributed by atoms with E-state index in [4.69, 9.17) is 16.7 Å². The molecule has 0 saturated carbocycles. The number of aromatic nitrogens is 2. The minimum Gasteiger partial charge on any atom is -0.324 e. The molecule has 0 saturated heterocycles. The highest BCUT2D eigenvalue weighted by molar-refractivity contribution is 7.16. The molecule has 1 aliphatic heterocycles. The van der Waals surface area contributed by atoms with Crippen LogP contribution in [0.4, 0.5) is 0 Å². The number of fused-ring (bicyclic) bond motifs is 8. The number of benzene rings is 1. The maximum Gasteiger partial charge on any atom is 0.246 e. The Morgan fingerprint density at radius 3 is 2.93 bits per heavy atom. The first-order chi connectivity index (χ1) is 13.0. The molecule has 5 rings (SSSR count). The second-order valence-electron chi connectivity index (χ2n) is 7.08. The third kappa shape index (κ3) is 2.22. The van der Waals surface area contributed by atoms with E-state index in [0.29, 0.717) is 6.54 Å². The summed E-state index contributed by atoms with van der Waals surface area (Å²) in [6.07, 6.45) is 1.40. The molecule has 1 unspecified atom stereocenters. The van der Waals surface area contributed by atoms with E-state index in [2.05, 4.69) is 43.8 Å². The van der Waals surface area contributed by atoms with Crippen LogP contribution in [0.1, 0.15) is 39.4 Å². The maximum absolute atomic E-state index is 12.8. The van der Waals surface area contributed by atoms with Crippen molar-refractivity contribution >= 4 is 28.8 Å². The molecule has 2 aromatic heterocycles. The number of hydrogen-bond acceptors (Lipinski definition) is 3. The summed E-state index contributed by atoms with van der Waals surface area (Å²) >= 11 is 7.93. The average molecular weight is 396 g/mol. The number of halogens is 1. The predicted molar refractivity (Wildman–Crippen MR) is 108 cm³/mol. The minimum absolute atomic E-state index is 0.0272. The Morgan fingerprint density at radius 1 is 1.37 bits per heavy atom. The lowest BCUT2D eigenvalue weighted by Crippen LogP contribution is -2.41. The van der Waals surface area contributed by atoms with Crippen LogP contribution < -0.4 is 0 Å². The number of amides is 1. The van der Waals surface area contributed by atoms with Crippen molar-refractivity contribution < 1.29 is 4.79 Å². The Balaban J connectivity index is 1.86. The first kappa shape index (κ1) is 16.8. The molecular formula is C21H18ClN3OS. The fraction of sp³-hybridized carbons (Fsp3) is 0.238. The van der Waals surface area contributed by atoms with Crippen molar-refractivity contribution in [3.8, 4) is 11.1 Å². The van der Waals surface area contributed by atoms with E-state index in [1.807, 2.05) is 16.6 Å². The van der Waals surface area contributed by atoms with Gasteiger partial charge in [0.05, 0.1) is 22.6 Å². The molecule has 3 heterocycles. The fourth-order valence-corrected chi connectivity index (χ4v) is 5.87. The Morgan fingerprint density at radius 2 is 2.15 bits per heavy atom. The van der Waals surface area contributed by atoms with Crippen LogP contribution in [0.25, 0.3) is 11.1 Å². The quantitative estimate of drug-likeness (QED) is 0.554. The first-order valence-electron chi connectivity index (χ1n) is 8.85. The lowest BCUT2D eigenvalue weighted by Gasteiger charge is -2.43. The summed E-state index contributed by atoms with van der Waals surface area (Å²) in [5, 5.41) is 4.84. The van der Waals surface area contributed by atoms with E-state index < -0.39 is 0 Å². The summed E-state index contributed by atoms with van der Waals surface area (Å²) in [4.78, 5) is 15.8. The number of thiophene rings is 1. The monoisotopic (exact) mass is 395 g/mol. The smallest absolute Gasteiger partial charge is 0.246 e. The molecule has 1 aliphatic carbocycles. The van der Waals surface area contributed by atoms with Crippen molar-refractivity contribution in [2.75, 3.05) is 0 Å². The number of rotatable bonds is 1. The molecule has 2 aliphatic rings. The van der Waals surface area contributed by atoms with Crippen LogP contribution in [0, 0.1) is 6.92 Å². The molecule has 3 aromatic rings. The topological polar surface area (TPSA) is 38.1 Å². The van der Waals surface area contributed by atoms with Gasteiger partial charge in [0.15, 0.2) is 0 Å². The number of aryl methyl sites for hydroxylation is 1. The Bertz CT molecular complexity index is 1110. The van der Waals surface area contributed by atoms with Crippen molar-refractivity contribution in [3.05, 3.63) is 74.7 Å². The zero-order valence-corrected chi connectivity index (χ0v) is 16.6. The molecule has 2 atom stereocenters. The van der Waals surface area contributed by atoms with Crippen LogP contribution in [0.5, 0.6) is 0 Å². The third-order valence-electron chi connectivity index (χ3n) is 5.78. The second-order valence-corrected chi connectivity index (χ2v) is 8.85. The van der Waals surface area contributed by atoms with Gasteiger partial charge in [0, 0.05) is 29.1 Å². The van der Waals surface area contributed by atoms with Gasteiger partial charge in [0.1, 0.15) is 0 Å². The lowest BCUT2D eigenvalue weighted by atomic mass is 9.72. The van der Waals surface area contributed by atoms with Crippen LogP contribution >= 0.6 is 22.9 Å².